The fraction of sp³-hybridized carbons (Fsp3) is 0.250. The summed E-state index contributed by atoms with van der Waals surface area (Å²) in [6.07, 6.45) is 3.50. The average molecular weight is 224 g/mol. The van der Waals surface area contributed by atoms with Gasteiger partial charge in [0.05, 0.1) is 0 Å². The van der Waals surface area contributed by atoms with Crippen LogP contribution in [0, 0.1) is 0 Å². The second-order valence-corrected chi connectivity index (χ2v) is 4.74. The molecule has 0 radical (unpaired) electrons. The van der Waals surface area contributed by atoms with Gasteiger partial charge in [0, 0.05) is 5.92 Å². The molecule has 1 unspecified atom stereocenters. The zero-order chi connectivity index (χ0) is 11.7. The molecule has 0 heterocycles. The molecule has 0 bridgehead atoms. The lowest BCUT2D eigenvalue weighted by Crippen LogP contribution is -2.10. The van der Waals surface area contributed by atoms with Crippen molar-refractivity contribution in [3.05, 3.63) is 65.2 Å². The summed E-state index contributed by atoms with van der Waals surface area (Å²) in [5, 5.41) is 9.55. The summed E-state index contributed by atoms with van der Waals surface area (Å²) in [7, 11) is 0. The molecule has 0 saturated heterocycles. The lowest BCUT2D eigenvalue weighted by atomic mass is 9.79. The highest BCUT2D eigenvalue weighted by Gasteiger charge is 2.21. The molecule has 1 aliphatic rings. The molecular formula is C16H16O. The van der Waals surface area contributed by atoms with Crippen LogP contribution in [-0.4, -0.2) is 5.11 Å². The van der Waals surface area contributed by atoms with Crippen molar-refractivity contribution in [2.75, 3.05) is 0 Å². The number of aryl methyl sites for hydroxylation is 1. The van der Waals surface area contributed by atoms with E-state index in [2.05, 4.69) is 36.4 Å². The first kappa shape index (κ1) is 10.4. The molecule has 3 rings (SSSR count). The minimum absolute atomic E-state index is 0.387. The van der Waals surface area contributed by atoms with Crippen molar-refractivity contribution < 1.29 is 5.11 Å². The lowest BCUT2D eigenvalue weighted by molar-refractivity contribution is 0.472. The number of fused-ring (bicyclic) bond motifs is 1. The van der Waals surface area contributed by atoms with Crippen molar-refractivity contribution in [3.8, 4) is 5.75 Å². The van der Waals surface area contributed by atoms with Gasteiger partial charge in [0.1, 0.15) is 5.75 Å². The molecule has 1 heteroatoms. The molecule has 1 atom stereocenters. The van der Waals surface area contributed by atoms with Crippen LogP contribution in [0.3, 0.4) is 0 Å². The van der Waals surface area contributed by atoms with Crippen LogP contribution in [0.25, 0.3) is 0 Å². The Bertz CT molecular complexity index is 516. The third-order valence-corrected chi connectivity index (χ3v) is 3.64. The van der Waals surface area contributed by atoms with E-state index in [0.29, 0.717) is 11.7 Å². The molecule has 0 fully saturated rings. The first-order valence-corrected chi connectivity index (χ1v) is 6.21. The van der Waals surface area contributed by atoms with Crippen LogP contribution in [0.5, 0.6) is 5.75 Å². The van der Waals surface area contributed by atoms with Crippen LogP contribution in [0.15, 0.2) is 48.5 Å². The Labute approximate surface area is 102 Å². The van der Waals surface area contributed by atoms with Crippen molar-refractivity contribution in [2.45, 2.75) is 25.2 Å². The van der Waals surface area contributed by atoms with Crippen LogP contribution in [-0.2, 0) is 6.42 Å². The van der Waals surface area contributed by atoms with Gasteiger partial charge < -0.3 is 5.11 Å². The maximum absolute atomic E-state index is 9.55. The Morgan fingerprint density at radius 2 is 1.82 bits per heavy atom. The van der Waals surface area contributed by atoms with Gasteiger partial charge in [-0.2, -0.15) is 0 Å². The predicted octanol–water partition coefficient (Wildman–Crippen LogP) is 3.86. The highest BCUT2D eigenvalue weighted by Crippen LogP contribution is 2.37. The van der Waals surface area contributed by atoms with Gasteiger partial charge in [0.15, 0.2) is 0 Å². The summed E-state index contributed by atoms with van der Waals surface area (Å²) >= 11 is 0. The number of benzene rings is 2. The summed E-state index contributed by atoms with van der Waals surface area (Å²) in [5.74, 6) is 0.887. The van der Waals surface area contributed by atoms with Gasteiger partial charge in [0.25, 0.3) is 0 Å². The zero-order valence-electron chi connectivity index (χ0n) is 9.76. The van der Waals surface area contributed by atoms with E-state index in [1.54, 1.807) is 6.07 Å². The molecule has 1 aliphatic carbocycles. The van der Waals surface area contributed by atoms with Gasteiger partial charge in [-0.05, 0) is 48.1 Å². The highest BCUT2D eigenvalue weighted by molar-refractivity contribution is 5.43. The van der Waals surface area contributed by atoms with Crippen LogP contribution >= 0.6 is 0 Å². The number of aromatic hydroxyl groups is 1. The molecule has 0 spiro atoms. The normalized spacial score (nSPS) is 18.7. The standard InChI is InChI=1S/C16H16O/c17-14-9-10-16-13(11-14)7-4-8-15(16)12-5-2-1-3-6-12/h1-3,5-6,9-11,15,17H,4,7-8H2. The summed E-state index contributed by atoms with van der Waals surface area (Å²) < 4.78 is 0. The number of rotatable bonds is 1. The lowest BCUT2D eigenvalue weighted by Gasteiger charge is -2.26. The number of hydrogen-bond donors (Lipinski definition) is 1. The highest BCUT2D eigenvalue weighted by atomic mass is 16.3. The minimum atomic E-state index is 0.387. The molecule has 1 nitrogen and oxygen atoms in total. The Morgan fingerprint density at radius 3 is 2.65 bits per heavy atom. The summed E-state index contributed by atoms with van der Waals surface area (Å²) in [5.41, 5.74) is 4.09. The van der Waals surface area contributed by atoms with Crippen molar-refractivity contribution >= 4 is 0 Å². The molecule has 1 N–H and O–H groups in total. The molecule has 0 aromatic heterocycles. The monoisotopic (exact) mass is 224 g/mol. The second kappa shape index (κ2) is 4.25. The van der Waals surface area contributed by atoms with E-state index in [9.17, 15) is 5.11 Å². The Hall–Kier alpha value is -1.76. The predicted molar refractivity (Wildman–Crippen MR) is 69.3 cm³/mol. The minimum Gasteiger partial charge on any atom is -0.508 e. The fourth-order valence-electron chi connectivity index (χ4n) is 2.83. The molecule has 17 heavy (non-hydrogen) atoms. The van der Waals surface area contributed by atoms with Gasteiger partial charge in [-0.1, -0.05) is 36.4 Å². The van der Waals surface area contributed by atoms with E-state index in [1.165, 1.54) is 29.5 Å². The van der Waals surface area contributed by atoms with E-state index in [-0.39, 0.29) is 0 Å². The molecule has 2 aromatic rings. The summed E-state index contributed by atoms with van der Waals surface area (Å²) in [6, 6.07) is 16.5. The Kier molecular flexibility index (Phi) is 2.60. The maximum atomic E-state index is 9.55. The van der Waals surface area contributed by atoms with Gasteiger partial charge in [-0.3, -0.25) is 0 Å². The molecule has 0 saturated carbocycles. The number of phenolic OH excluding ortho intramolecular Hbond substituents is 1. The van der Waals surface area contributed by atoms with Crippen LogP contribution in [0.1, 0.15) is 35.4 Å². The third kappa shape index (κ3) is 1.93. The Balaban J connectivity index is 2.06. The number of hydrogen-bond acceptors (Lipinski definition) is 1. The molecule has 0 aliphatic heterocycles. The van der Waals surface area contributed by atoms with Gasteiger partial charge in [-0.15, -0.1) is 0 Å². The van der Waals surface area contributed by atoms with E-state index in [1.807, 2.05) is 6.07 Å². The van der Waals surface area contributed by atoms with E-state index >= 15 is 0 Å². The van der Waals surface area contributed by atoms with Crippen molar-refractivity contribution in [2.24, 2.45) is 0 Å². The van der Waals surface area contributed by atoms with Crippen molar-refractivity contribution in [1.29, 1.82) is 0 Å². The topological polar surface area (TPSA) is 20.2 Å². The number of phenols is 1. The quantitative estimate of drug-likeness (QED) is 0.779. The van der Waals surface area contributed by atoms with E-state index in [0.717, 1.165) is 6.42 Å². The van der Waals surface area contributed by atoms with Gasteiger partial charge in [-0.25, -0.2) is 0 Å². The fourth-order valence-corrected chi connectivity index (χ4v) is 2.83. The molecule has 86 valence electrons. The zero-order valence-corrected chi connectivity index (χ0v) is 9.76. The second-order valence-electron chi connectivity index (χ2n) is 4.74. The molecule has 2 aromatic carbocycles. The smallest absolute Gasteiger partial charge is 0.115 e. The van der Waals surface area contributed by atoms with Crippen molar-refractivity contribution in [3.63, 3.8) is 0 Å². The SMILES string of the molecule is Oc1ccc2c(c1)CCCC2c1ccccc1. The first-order valence-electron chi connectivity index (χ1n) is 6.21. The van der Waals surface area contributed by atoms with Gasteiger partial charge in [0.2, 0.25) is 0 Å². The van der Waals surface area contributed by atoms with Crippen LogP contribution in [0.4, 0.5) is 0 Å². The van der Waals surface area contributed by atoms with E-state index < -0.39 is 0 Å². The molecule has 0 amide bonds. The summed E-state index contributed by atoms with van der Waals surface area (Å²) in [4.78, 5) is 0. The Morgan fingerprint density at radius 1 is 1.00 bits per heavy atom. The van der Waals surface area contributed by atoms with Crippen LogP contribution in [0.2, 0.25) is 0 Å². The first-order chi connectivity index (χ1) is 8.34. The average Bonchev–Trinajstić information content (AvgIpc) is 2.39. The van der Waals surface area contributed by atoms with Crippen molar-refractivity contribution in [1.82, 2.24) is 0 Å². The third-order valence-electron chi connectivity index (χ3n) is 3.64. The molecular weight excluding hydrogens is 208 g/mol. The van der Waals surface area contributed by atoms with E-state index in [4.69, 9.17) is 0 Å². The largest absolute Gasteiger partial charge is 0.508 e. The summed E-state index contributed by atoms with van der Waals surface area (Å²) in [6.45, 7) is 0. The maximum Gasteiger partial charge on any atom is 0.115 e. The van der Waals surface area contributed by atoms with Crippen LogP contribution < -0.4 is 0 Å². The van der Waals surface area contributed by atoms with Gasteiger partial charge >= 0.3 is 0 Å².